The zero-order valence-electron chi connectivity index (χ0n) is 6.90. The molecular formula is C7H9N5O. The molecule has 1 aliphatic rings. The van der Waals surface area contributed by atoms with Crippen LogP contribution in [-0.4, -0.2) is 26.5 Å². The fraction of sp³-hybridized carbons (Fsp3) is 0.429. The van der Waals surface area contributed by atoms with Crippen molar-refractivity contribution in [1.29, 1.82) is 0 Å². The van der Waals surface area contributed by atoms with Crippen LogP contribution < -0.4 is 5.32 Å². The van der Waals surface area contributed by atoms with Crippen LogP contribution in [0, 0.1) is 5.92 Å². The molecule has 0 saturated carbocycles. The number of H-pyrrole nitrogens is 1. The molecule has 0 unspecified atom stereocenters. The molecule has 0 fully saturated rings. The minimum atomic E-state index is -0.0496. The number of hydrogen-bond acceptors (Lipinski definition) is 4. The van der Waals surface area contributed by atoms with Crippen LogP contribution in [-0.2, 0) is 4.79 Å². The van der Waals surface area contributed by atoms with Crippen molar-refractivity contribution >= 4 is 11.9 Å². The van der Waals surface area contributed by atoms with Gasteiger partial charge in [-0.05, 0) is 18.1 Å². The van der Waals surface area contributed by atoms with E-state index in [9.17, 15) is 4.79 Å². The first-order valence-electron chi connectivity index (χ1n) is 4.05. The SMILES string of the molecule is O=C(Nc1nn[nH]n1)C1CC=CC1. The first-order valence-corrected chi connectivity index (χ1v) is 4.05. The highest BCUT2D eigenvalue weighted by molar-refractivity contribution is 5.91. The first kappa shape index (κ1) is 7.90. The van der Waals surface area contributed by atoms with Crippen LogP contribution >= 0.6 is 0 Å². The van der Waals surface area contributed by atoms with Gasteiger partial charge in [-0.15, -0.1) is 5.10 Å². The maximum absolute atomic E-state index is 11.4. The average molecular weight is 179 g/mol. The maximum atomic E-state index is 11.4. The Morgan fingerprint density at radius 3 is 2.92 bits per heavy atom. The second-order valence-electron chi connectivity index (χ2n) is 2.86. The van der Waals surface area contributed by atoms with Crippen molar-refractivity contribution in [2.24, 2.45) is 5.92 Å². The Kier molecular flexibility index (Phi) is 2.03. The Bertz CT molecular complexity index is 310. The normalized spacial score (nSPS) is 16.3. The molecule has 0 atom stereocenters. The van der Waals surface area contributed by atoms with E-state index >= 15 is 0 Å². The van der Waals surface area contributed by atoms with E-state index in [1.54, 1.807) is 0 Å². The molecule has 1 aliphatic carbocycles. The Morgan fingerprint density at radius 1 is 1.54 bits per heavy atom. The van der Waals surface area contributed by atoms with Gasteiger partial charge in [-0.2, -0.15) is 5.21 Å². The third-order valence-corrected chi connectivity index (χ3v) is 1.96. The maximum Gasteiger partial charge on any atom is 0.269 e. The number of allylic oxidation sites excluding steroid dienone is 2. The Hall–Kier alpha value is -1.72. The number of aromatic amines is 1. The predicted octanol–water partition coefficient (Wildman–Crippen LogP) is 0.104. The molecule has 68 valence electrons. The highest BCUT2D eigenvalue weighted by Crippen LogP contribution is 2.18. The smallest absolute Gasteiger partial charge is 0.269 e. The molecule has 13 heavy (non-hydrogen) atoms. The van der Waals surface area contributed by atoms with Crippen molar-refractivity contribution in [1.82, 2.24) is 20.6 Å². The molecule has 0 aromatic carbocycles. The van der Waals surface area contributed by atoms with Crippen LogP contribution in [0.4, 0.5) is 5.95 Å². The Balaban J connectivity index is 1.92. The van der Waals surface area contributed by atoms with Gasteiger partial charge in [0.05, 0.1) is 0 Å². The highest BCUT2D eigenvalue weighted by atomic mass is 16.2. The summed E-state index contributed by atoms with van der Waals surface area (Å²) < 4.78 is 0. The Morgan fingerprint density at radius 2 is 2.31 bits per heavy atom. The van der Waals surface area contributed by atoms with Crippen LogP contribution in [0.5, 0.6) is 0 Å². The van der Waals surface area contributed by atoms with Gasteiger partial charge in [0.15, 0.2) is 0 Å². The number of carbonyl (C=O) groups excluding carboxylic acids is 1. The summed E-state index contributed by atoms with van der Waals surface area (Å²) in [7, 11) is 0. The van der Waals surface area contributed by atoms with E-state index in [1.807, 2.05) is 12.2 Å². The third kappa shape index (κ3) is 1.71. The number of amides is 1. The average Bonchev–Trinajstić information content (AvgIpc) is 2.74. The second-order valence-corrected chi connectivity index (χ2v) is 2.86. The monoisotopic (exact) mass is 179 g/mol. The van der Waals surface area contributed by atoms with E-state index in [-0.39, 0.29) is 17.8 Å². The van der Waals surface area contributed by atoms with Crippen LogP contribution in [0.1, 0.15) is 12.8 Å². The molecule has 1 heterocycles. The predicted molar refractivity (Wildman–Crippen MR) is 44.7 cm³/mol. The van der Waals surface area contributed by atoms with E-state index < -0.39 is 0 Å². The van der Waals surface area contributed by atoms with Crippen molar-refractivity contribution in [3.8, 4) is 0 Å². The van der Waals surface area contributed by atoms with Gasteiger partial charge < -0.3 is 0 Å². The summed E-state index contributed by atoms with van der Waals surface area (Å²) in [6.45, 7) is 0. The van der Waals surface area contributed by atoms with Crippen molar-refractivity contribution < 1.29 is 4.79 Å². The molecule has 2 N–H and O–H groups in total. The van der Waals surface area contributed by atoms with E-state index in [1.165, 1.54) is 0 Å². The minimum Gasteiger partial charge on any atom is -0.292 e. The van der Waals surface area contributed by atoms with E-state index in [0.29, 0.717) is 0 Å². The Labute approximate surface area is 74.4 Å². The van der Waals surface area contributed by atoms with Gasteiger partial charge in [-0.25, -0.2) is 0 Å². The number of nitrogens with one attached hydrogen (secondary N) is 2. The summed E-state index contributed by atoms with van der Waals surface area (Å²) in [5.74, 6) is 0.210. The molecular weight excluding hydrogens is 170 g/mol. The van der Waals surface area contributed by atoms with Gasteiger partial charge >= 0.3 is 0 Å². The molecule has 2 rings (SSSR count). The molecule has 0 bridgehead atoms. The van der Waals surface area contributed by atoms with Crippen LogP contribution in [0.15, 0.2) is 12.2 Å². The summed E-state index contributed by atoms with van der Waals surface area (Å²) >= 11 is 0. The summed E-state index contributed by atoms with van der Waals surface area (Å²) in [5.41, 5.74) is 0. The van der Waals surface area contributed by atoms with E-state index in [0.717, 1.165) is 12.8 Å². The lowest BCUT2D eigenvalue weighted by molar-refractivity contribution is -0.119. The molecule has 0 aliphatic heterocycles. The van der Waals surface area contributed by atoms with Crippen LogP contribution in [0.25, 0.3) is 0 Å². The van der Waals surface area contributed by atoms with Gasteiger partial charge in [0.2, 0.25) is 5.91 Å². The van der Waals surface area contributed by atoms with Gasteiger partial charge in [0, 0.05) is 5.92 Å². The fourth-order valence-electron chi connectivity index (χ4n) is 1.26. The highest BCUT2D eigenvalue weighted by Gasteiger charge is 2.19. The third-order valence-electron chi connectivity index (χ3n) is 1.96. The fourth-order valence-corrected chi connectivity index (χ4v) is 1.26. The number of aromatic nitrogens is 4. The summed E-state index contributed by atoms with van der Waals surface area (Å²) in [4.78, 5) is 11.4. The molecule has 1 amide bonds. The van der Waals surface area contributed by atoms with Crippen LogP contribution in [0.3, 0.4) is 0 Å². The number of rotatable bonds is 2. The number of anilines is 1. The molecule has 0 saturated heterocycles. The second kappa shape index (κ2) is 3.34. The van der Waals surface area contributed by atoms with E-state index in [4.69, 9.17) is 0 Å². The zero-order valence-corrected chi connectivity index (χ0v) is 6.90. The van der Waals surface area contributed by atoms with Gasteiger partial charge in [-0.3, -0.25) is 10.1 Å². The van der Waals surface area contributed by atoms with Gasteiger partial charge in [0.25, 0.3) is 5.95 Å². The lowest BCUT2D eigenvalue weighted by Gasteiger charge is -2.06. The van der Waals surface area contributed by atoms with Crippen molar-refractivity contribution in [2.45, 2.75) is 12.8 Å². The lowest BCUT2D eigenvalue weighted by atomic mass is 10.1. The number of tetrazole rings is 1. The molecule has 6 nitrogen and oxygen atoms in total. The molecule has 1 aromatic heterocycles. The molecule has 6 heteroatoms. The van der Waals surface area contributed by atoms with Crippen molar-refractivity contribution in [3.05, 3.63) is 12.2 Å². The van der Waals surface area contributed by atoms with Gasteiger partial charge in [-0.1, -0.05) is 17.3 Å². The van der Waals surface area contributed by atoms with Crippen LogP contribution in [0.2, 0.25) is 0 Å². The van der Waals surface area contributed by atoms with Crippen molar-refractivity contribution in [3.63, 3.8) is 0 Å². The zero-order chi connectivity index (χ0) is 9.10. The number of hydrogen-bond donors (Lipinski definition) is 2. The molecule has 1 aromatic rings. The topological polar surface area (TPSA) is 83.6 Å². The quantitative estimate of drug-likeness (QED) is 0.631. The van der Waals surface area contributed by atoms with Gasteiger partial charge in [0.1, 0.15) is 0 Å². The standard InChI is InChI=1S/C7H9N5O/c13-6(5-3-1-2-4-5)8-7-9-11-12-10-7/h1-2,5H,3-4H2,(H2,8,9,10,11,12,13). The minimum absolute atomic E-state index is 0.0264. The molecule has 0 radical (unpaired) electrons. The lowest BCUT2D eigenvalue weighted by Crippen LogP contribution is -2.21. The number of nitrogens with zero attached hydrogens (tertiary/aromatic N) is 3. The summed E-state index contributed by atoms with van der Waals surface area (Å²) in [5, 5.41) is 15.4. The van der Waals surface area contributed by atoms with Crippen molar-refractivity contribution in [2.75, 3.05) is 5.32 Å². The number of carbonyl (C=O) groups is 1. The largest absolute Gasteiger partial charge is 0.292 e. The molecule has 0 spiro atoms. The summed E-state index contributed by atoms with van der Waals surface area (Å²) in [6.07, 6.45) is 5.59. The summed E-state index contributed by atoms with van der Waals surface area (Å²) in [6, 6.07) is 0. The van der Waals surface area contributed by atoms with E-state index in [2.05, 4.69) is 25.9 Å². The first-order chi connectivity index (χ1) is 6.36.